The van der Waals surface area contributed by atoms with Gasteiger partial charge in [0.15, 0.2) is 23.3 Å². The van der Waals surface area contributed by atoms with Crippen LogP contribution in [0.4, 0.5) is 17.6 Å². The Morgan fingerprint density at radius 1 is 0.733 bits per heavy atom. The van der Waals surface area contributed by atoms with Crippen molar-refractivity contribution in [3.05, 3.63) is 41.5 Å². The average molecular weight is 232 g/mol. The number of benzene rings is 2. The van der Waals surface area contributed by atoms with E-state index >= 15 is 0 Å². The normalized spacial score (nSPS) is 11.0. The Bertz CT molecular complexity index is 551. The lowest BCUT2D eigenvalue weighted by Crippen LogP contribution is -1.97. The van der Waals surface area contributed by atoms with Gasteiger partial charge in [-0.05, 0) is 12.1 Å². The van der Waals surface area contributed by atoms with Gasteiger partial charge in [0, 0.05) is 15.7 Å². The number of halogens is 4. The summed E-state index contributed by atoms with van der Waals surface area (Å²) in [6.07, 6.45) is 0. The fourth-order valence-corrected chi connectivity index (χ4v) is 1.54. The van der Waals surface area contributed by atoms with Gasteiger partial charge < -0.3 is 0 Å². The van der Waals surface area contributed by atoms with Gasteiger partial charge in [-0.3, -0.25) is 0 Å². The zero-order valence-electron chi connectivity index (χ0n) is 7.19. The summed E-state index contributed by atoms with van der Waals surface area (Å²) in [7, 11) is 0. The third-order valence-corrected chi connectivity index (χ3v) is 2.33. The van der Waals surface area contributed by atoms with Crippen LogP contribution in [0, 0.1) is 23.3 Å². The lowest BCUT2D eigenvalue weighted by molar-refractivity contribution is 0.418. The molecule has 0 amide bonds. The monoisotopic (exact) mass is 232 g/mol. The molecule has 0 spiro atoms. The minimum atomic E-state index is -1.81. The van der Waals surface area contributed by atoms with E-state index in [0.717, 1.165) is 12.1 Å². The standard InChI is InChI=1S/C10H4F4S/c11-7-5-2-1-4(15)3-6(5)8(12)10(14)9(7)13/h1-3,15H. The van der Waals surface area contributed by atoms with Crippen LogP contribution in [0.2, 0.25) is 0 Å². The van der Waals surface area contributed by atoms with Crippen molar-refractivity contribution in [2.75, 3.05) is 0 Å². The number of thiol groups is 1. The van der Waals surface area contributed by atoms with Gasteiger partial charge in [0.05, 0.1) is 0 Å². The van der Waals surface area contributed by atoms with Gasteiger partial charge in [-0.25, -0.2) is 17.6 Å². The van der Waals surface area contributed by atoms with Crippen molar-refractivity contribution < 1.29 is 17.6 Å². The maximum atomic E-state index is 13.2. The van der Waals surface area contributed by atoms with Crippen molar-refractivity contribution in [1.29, 1.82) is 0 Å². The molecule has 0 nitrogen and oxygen atoms in total. The maximum Gasteiger partial charge on any atom is 0.198 e. The van der Waals surface area contributed by atoms with Gasteiger partial charge in [-0.2, -0.15) is 0 Å². The zero-order valence-corrected chi connectivity index (χ0v) is 8.09. The minimum Gasteiger partial charge on any atom is -0.203 e. The summed E-state index contributed by atoms with van der Waals surface area (Å²) >= 11 is 3.90. The molecule has 0 aliphatic heterocycles. The molecule has 0 saturated carbocycles. The molecule has 2 rings (SSSR count). The first-order valence-electron chi connectivity index (χ1n) is 3.97. The first kappa shape index (κ1) is 10.3. The predicted molar refractivity (Wildman–Crippen MR) is 51.0 cm³/mol. The van der Waals surface area contributed by atoms with Crippen molar-refractivity contribution in [2.24, 2.45) is 0 Å². The first-order valence-corrected chi connectivity index (χ1v) is 4.41. The summed E-state index contributed by atoms with van der Waals surface area (Å²) in [4.78, 5) is 0.340. The SMILES string of the molecule is Fc1c(F)c(F)c2cc(S)ccc2c1F. The third kappa shape index (κ3) is 1.47. The van der Waals surface area contributed by atoms with E-state index in [4.69, 9.17) is 0 Å². The molecule has 0 aliphatic carbocycles. The molecule has 2 aromatic rings. The smallest absolute Gasteiger partial charge is 0.198 e. The molecule has 0 bridgehead atoms. The molecule has 0 heterocycles. The maximum absolute atomic E-state index is 13.2. The van der Waals surface area contributed by atoms with Gasteiger partial charge in [-0.1, -0.05) is 6.07 Å². The van der Waals surface area contributed by atoms with Crippen molar-refractivity contribution in [3.63, 3.8) is 0 Å². The van der Waals surface area contributed by atoms with Crippen LogP contribution in [0.15, 0.2) is 23.1 Å². The number of hydrogen-bond acceptors (Lipinski definition) is 1. The summed E-state index contributed by atoms with van der Waals surface area (Å²) in [5.74, 6) is -6.40. The van der Waals surface area contributed by atoms with Crippen LogP contribution in [0.1, 0.15) is 0 Å². The molecule has 0 saturated heterocycles. The fraction of sp³-hybridized carbons (Fsp3) is 0. The Morgan fingerprint density at radius 2 is 1.27 bits per heavy atom. The fourth-order valence-electron chi connectivity index (χ4n) is 1.33. The Kier molecular flexibility index (Phi) is 2.34. The zero-order chi connectivity index (χ0) is 11.2. The van der Waals surface area contributed by atoms with Gasteiger partial charge in [0.1, 0.15) is 0 Å². The second-order valence-corrected chi connectivity index (χ2v) is 3.50. The van der Waals surface area contributed by atoms with Gasteiger partial charge in [-0.15, -0.1) is 12.6 Å². The van der Waals surface area contributed by atoms with E-state index in [-0.39, 0.29) is 10.8 Å². The molecule has 0 aliphatic rings. The highest BCUT2D eigenvalue weighted by atomic mass is 32.1. The second-order valence-electron chi connectivity index (χ2n) is 2.99. The van der Waals surface area contributed by atoms with Crippen LogP contribution < -0.4 is 0 Å². The molecular weight excluding hydrogens is 228 g/mol. The van der Waals surface area contributed by atoms with E-state index < -0.39 is 23.3 Å². The first-order chi connectivity index (χ1) is 7.02. The summed E-state index contributed by atoms with van der Waals surface area (Å²) in [6.45, 7) is 0. The highest BCUT2D eigenvalue weighted by Crippen LogP contribution is 2.28. The van der Waals surface area contributed by atoms with Crippen molar-refractivity contribution in [2.45, 2.75) is 4.90 Å². The Labute approximate surface area is 87.9 Å². The van der Waals surface area contributed by atoms with Crippen LogP contribution in [0.25, 0.3) is 10.8 Å². The molecule has 0 atom stereocenters. The highest BCUT2D eigenvalue weighted by Gasteiger charge is 2.19. The Hall–Kier alpha value is -1.23. The number of hydrogen-bond donors (Lipinski definition) is 1. The molecule has 0 fully saturated rings. The molecular formula is C10H4F4S. The van der Waals surface area contributed by atoms with Crippen molar-refractivity contribution in [3.8, 4) is 0 Å². The van der Waals surface area contributed by atoms with Crippen molar-refractivity contribution in [1.82, 2.24) is 0 Å². The van der Waals surface area contributed by atoms with Crippen LogP contribution >= 0.6 is 12.6 Å². The molecule has 15 heavy (non-hydrogen) atoms. The van der Waals surface area contributed by atoms with Gasteiger partial charge in [0.2, 0.25) is 0 Å². The Balaban J connectivity index is 3.00. The molecule has 0 aromatic heterocycles. The molecule has 0 N–H and O–H groups in total. The average Bonchev–Trinajstić information content (AvgIpc) is 2.23. The highest BCUT2D eigenvalue weighted by molar-refractivity contribution is 7.80. The largest absolute Gasteiger partial charge is 0.203 e. The topological polar surface area (TPSA) is 0 Å². The molecule has 0 radical (unpaired) electrons. The molecule has 78 valence electrons. The van der Waals surface area contributed by atoms with Gasteiger partial charge in [0.25, 0.3) is 0 Å². The molecule has 2 aromatic carbocycles. The summed E-state index contributed by atoms with van der Waals surface area (Å²) < 4.78 is 52.0. The number of rotatable bonds is 0. The number of fused-ring (bicyclic) bond motifs is 1. The quantitative estimate of drug-likeness (QED) is 0.304. The van der Waals surface area contributed by atoms with E-state index in [1.165, 1.54) is 6.07 Å². The molecule has 0 unspecified atom stereocenters. The van der Waals surface area contributed by atoms with E-state index in [1.54, 1.807) is 0 Å². The minimum absolute atomic E-state index is 0.302. The van der Waals surface area contributed by atoms with Crippen LogP contribution in [0.5, 0.6) is 0 Å². The predicted octanol–water partition coefficient (Wildman–Crippen LogP) is 3.68. The summed E-state index contributed by atoms with van der Waals surface area (Å²) in [5.41, 5.74) is 0. The van der Waals surface area contributed by atoms with Crippen molar-refractivity contribution >= 4 is 23.4 Å². The Morgan fingerprint density at radius 3 is 1.87 bits per heavy atom. The van der Waals surface area contributed by atoms with E-state index in [1.807, 2.05) is 0 Å². The third-order valence-electron chi connectivity index (χ3n) is 2.05. The van der Waals surface area contributed by atoms with E-state index in [9.17, 15) is 17.6 Å². The van der Waals surface area contributed by atoms with Gasteiger partial charge >= 0.3 is 0 Å². The lowest BCUT2D eigenvalue weighted by Gasteiger charge is -2.04. The summed E-state index contributed by atoms with van der Waals surface area (Å²) in [5, 5.41) is -0.622. The van der Waals surface area contributed by atoms with E-state index in [2.05, 4.69) is 12.6 Å². The molecule has 5 heteroatoms. The van der Waals surface area contributed by atoms with E-state index in [0.29, 0.717) is 4.90 Å². The van der Waals surface area contributed by atoms with Crippen LogP contribution in [-0.4, -0.2) is 0 Å². The van der Waals surface area contributed by atoms with Crippen LogP contribution in [-0.2, 0) is 0 Å². The lowest BCUT2D eigenvalue weighted by atomic mass is 10.1. The summed E-state index contributed by atoms with van der Waals surface area (Å²) in [6, 6.07) is 3.66. The van der Waals surface area contributed by atoms with Crippen LogP contribution in [0.3, 0.4) is 0 Å². The second kappa shape index (κ2) is 3.41.